The number of amides is 1. The van der Waals surface area contributed by atoms with Crippen molar-refractivity contribution in [2.45, 2.75) is 6.92 Å². The number of ether oxygens (including phenoxy) is 3. The van der Waals surface area contributed by atoms with Crippen molar-refractivity contribution in [3.63, 3.8) is 0 Å². The fourth-order valence-electron chi connectivity index (χ4n) is 2.55. The Balaban J connectivity index is 1.75. The van der Waals surface area contributed by atoms with E-state index in [0.717, 1.165) is 11.3 Å². The Morgan fingerprint density at radius 1 is 1.00 bits per heavy atom. The number of aromatic amines is 1. The van der Waals surface area contributed by atoms with Gasteiger partial charge in [0.1, 0.15) is 22.9 Å². The third-order valence-electron chi connectivity index (χ3n) is 3.89. The van der Waals surface area contributed by atoms with Gasteiger partial charge in [0.2, 0.25) is 0 Å². The summed E-state index contributed by atoms with van der Waals surface area (Å²) in [5.74, 6) is 1.66. The maximum absolute atomic E-state index is 12.5. The molecular weight excluding hydrogens is 346 g/mol. The lowest BCUT2D eigenvalue weighted by Crippen LogP contribution is -2.12. The van der Waals surface area contributed by atoms with E-state index in [0.29, 0.717) is 35.2 Å². The molecule has 1 heterocycles. The third-order valence-corrected chi connectivity index (χ3v) is 3.89. The Hall–Kier alpha value is -3.48. The first-order valence-corrected chi connectivity index (χ1v) is 8.46. The highest BCUT2D eigenvalue weighted by atomic mass is 16.5. The van der Waals surface area contributed by atoms with Crippen LogP contribution in [0.5, 0.6) is 17.2 Å². The monoisotopic (exact) mass is 367 g/mol. The molecule has 0 saturated heterocycles. The van der Waals surface area contributed by atoms with E-state index in [4.69, 9.17) is 14.2 Å². The van der Waals surface area contributed by atoms with E-state index in [9.17, 15) is 4.79 Å². The molecule has 27 heavy (non-hydrogen) atoms. The molecule has 7 heteroatoms. The zero-order valence-corrected chi connectivity index (χ0v) is 15.4. The summed E-state index contributed by atoms with van der Waals surface area (Å²) in [4.78, 5) is 12.5. The SMILES string of the molecule is CCOc1ccc(-c2cc(C(=O)Nc3cc(OC)cc(OC)c3)[nH]n2)cc1. The minimum Gasteiger partial charge on any atom is -0.497 e. The minimum absolute atomic E-state index is 0.310. The number of carbonyl (C=O) groups excluding carboxylic acids is 1. The smallest absolute Gasteiger partial charge is 0.273 e. The fraction of sp³-hybridized carbons (Fsp3) is 0.200. The number of methoxy groups -OCH3 is 2. The molecule has 140 valence electrons. The standard InChI is InChI=1S/C20H21N3O4/c1-4-27-15-7-5-13(6-8-15)18-12-19(23-22-18)20(24)21-14-9-16(25-2)11-17(10-14)26-3/h5-12H,4H2,1-3H3,(H,21,24)(H,22,23). The van der Waals surface area contributed by atoms with Crippen LogP contribution in [0, 0.1) is 0 Å². The Bertz CT molecular complexity index is 897. The van der Waals surface area contributed by atoms with E-state index in [2.05, 4.69) is 15.5 Å². The number of benzene rings is 2. The maximum atomic E-state index is 12.5. The van der Waals surface area contributed by atoms with Crippen LogP contribution in [0.2, 0.25) is 0 Å². The van der Waals surface area contributed by atoms with Gasteiger partial charge in [-0.2, -0.15) is 5.10 Å². The lowest BCUT2D eigenvalue weighted by atomic mass is 10.1. The molecule has 0 fully saturated rings. The average Bonchev–Trinajstić information content (AvgIpc) is 3.19. The van der Waals surface area contributed by atoms with Crippen molar-refractivity contribution in [3.05, 3.63) is 54.2 Å². The molecule has 1 aromatic heterocycles. The predicted octanol–water partition coefficient (Wildman–Crippen LogP) is 3.74. The lowest BCUT2D eigenvalue weighted by molar-refractivity contribution is 0.102. The molecule has 0 spiro atoms. The Labute approximate surface area is 157 Å². The van der Waals surface area contributed by atoms with Gasteiger partial charge in [-0.3, -0.25) is 9.89 Å². The van der Waals surface area contributed by atoms with Gasteiger partial charge < -0.3 is 19.5 Å². The van der Waals surface area contributed by atoms with E-state index >= 15 is 0 Å². The van der Waals surface area contributed by atoms with Crippen molar-refractivity contribution in [2.75, 3.05) is 26.1 Å². The zero-order valence-electron chi connectivity index (χ0n) is 15.4. The maximum Gasteiger partial charge on any atom is 0.273 e. The summed E-state index contributed by atoms with van der Waals surface area (Å²) in [5, 5.41) is 9.79. The van der Waals surface area contributed by atoms with Crippen LogP contribution in [-0.4, -0.2) is 36.9 Å². The van der Waals surface area contributed by atoms with Gasteiger partial charge in [-0.15, -0.1) is 0 Å². The second-order valence-electron chi connectivity index (χ2n) is 5.68. The van der Waals surface area contributed by atoms with Gasteiger partial charge in [0, 0.05) is 29.4 Å². The number of H-pyrrole nitrogens is 1. The van der Waals surface area contributed by atoms with Gasteiger partial charge in [-0.1, -0.05) is 0 Å². The summed E-state index contributed by atoms with van der Waals surface area (Å²) >= 11 is 0. The summed E-state index contributed by atoms with van der Waals surface area (Å²) in [7, 11) is 3.11. The molecule has 0 aliphatic heterocycles. The molecule has 0 bridgehead atoms. The topological polar surface area (TPSA) is 85.5 Å². The van der Waals surface area contributed by atoms with E-state index in [-0.39, 0.29) is 5.91 Å². The number of hydrogen-bond donors (Lipinski definition) is 2. The van der Waals surface area contributed by atoms with Crippen LogP contribution in [0.15, 0.2) is 48.5 Å². The van der Waals surface area contributed by atoms with Gasteiger partial charge in [0.25, 0.3) is 5.91 Å². The molecule has 2 aromatic carbocycles. The molecule has 0 aliphatic carbocycles. The summed E-state index contributed by atoms with van der Waals surface area (Å²) in [6.45, 7) is 2.55. The number of hydrogen-bond acceptors (Lipinski definition) is 5. The second kappa shape index (κ2) is 8.27. The van der Waals surface area contributed by atoms with Crippen LogP contribution in [0.1, 0.15) is 17.4 Å². The van der Waals surface area contributed by atoms with Crippen molar-refractivity contribution in [3.8, 4) is 28.5 Å². The molecule has 0 unspecified atom stereocenters. The van der Waals surface area contributed by atoms with Gasteiger partial charge >= 0.3 is 0 Å². The highest BCUT2D eigenvalue weighted by Crippen LogP contribution is 2.26. The predicted molar refractivity (Wildman–Crippen MR) is 103 cm³/mol. The number of nitrogens with one attached hydrogen (secondary N) is 2. The van der Waals surface area contributed by atoms with Crippen LogP contribution in [0.4, 0.5) is 5.69 Å². The summed E-state index contributed by atoms with van der Waals surface area (Å²) in [6.07, 6.45) is 0. The fourth-order valence-corrected chi connectivity index (χ4v) is 2.55. The highest BCUT2D eigenvalue weighted by Gasteiger charge is 2.13. The molecule has 0 atom stereocenters. The molecule has 7 nitrogen and oxygen atoms in total. The van der Waals surface area contributed by atoms with Crippen molar-refractivity contribution < 1.29 is 19.0 Å². The Morgan fingerprint density at radius 3 is 2.26 bits per heavy atom. The van der Waals surface area contributed by atoms with E-state index in [1.54, 1.807) is 38.5 Å². The third kappa shape index (κ3) is 4.38. The van der Waals surface area contributed by atoms with E-state index in [1.165, 1.54) is 0 Å². The van der Waals surface area contributed by atoms with Gasteiger partial charge in [0.15, 0.2) is 0 Å². The molecule has 3 aromatic rings. The van der Waals surface area contributed by atoms with Crippen LogP contribution < -0.4 is 19.5 Å². The van der Waals surface area contributed by atoms with Crippen molar-refractivity contribution in [1.82, 2.24) is 10.2 Å². The summed E-state index contributed by atoms with van der Waals surface area (Å²) in [6, 6.07) is 14.4. The second-order valence-corrected chi connectivity index (χ2v) is 5.68. The van der Waals surface area contributed by atoms with Crippen LogP contribution in [0.3, 0.4) is 0 Å². The average molecular weight is 367 g/mol. The quantitative estimate of drug-likeness (QED) is 0.664. The first-order valence-electron chi connectivity index (χ1n) is 8.46. The molecule has 0 aliphatic rings. The van der Waals surface area contributed by atoms with Crippen LogP contribution in [0.25, 0.3) is 11.3 Å². The van der Waals surface area contributed by atoms with Crippen molar-refractivity contribution in [1.29, 1.82) is 0 Å². The largest absolute Gasteiger partial charge is 0.497 e. The normalized spacial score (nSPS) is 10.3. The number of rotatable bonds is 7. The zero-order chi connectivity index (χ0) is 19.2. The summed E-state index contributed by atoms with van der Waals surface area (Å²) < 4.78 is 15.9. The van der Waals surface area contributed by atoms with Gasteiger partial charge in [0.05, 0.1) is 26.5 Å². The number of nitrogens with zero attached hydrogens (tertiary/aromatic N) is 1. The van der Waals surface area contributed by atoms with E-state index < -0.39 is 0 Å². The molecular formula is C20H21N3O4. The van der Waals surface area contributed by atoms with Crippen molar-refractivity contribution >= 4 is 11.6 Å². The molecule has 2 N–H and O–H groups in total. The first kappa shape index (κ1) is 18.3. The molecule has 0 radical (unpaired) electrons. The van der Waals surface area contributed by atoms with Gasteiger partial charge in [-0.05, 0) is 37.3 Å². The summed E-state index contributed by atoms with van der Waals surface area (Å²) in [5.41, 5.74) is 2.47. The van der Waals surface area contributed by atoms with Crippen molar-refractivity contribution in [2.24, 2.45) is 0 Å². The van der Waals surface area contributed by atoms with Crippen LogP contribution in [-0.2, 0) is 0 Å². The molecule has 0 saturated carbocycles. The number of carbonyl (C=O) groups is 1. The lowest BCUT2D eigenvalue weighted by Gasteiger charge is -2.09. The number of anilines is 1. The number of aromatic nitrogens is 2. The first-order chi connectivity index (χ1) is 13.1. The Kier molecular flexibility index (Phi) is 5.61. The Morgan fingerprint density at radius 2 is 1.67 bits per heavy atom. The molecule has 1 amide bonds. The minimum atomic E-state index is -0.310. The molecule has 3 rings (SSSR count). The van der Waals surface area contributed by atoms with Crippen LogP contribution >= 0.6 is 0 Å². The highest BCUT2D eigenvalue weighted by molar-refractivity contribution is 6.03. The van der Waals surface area contributed by atoms with Gasteiger partial charge in [-0.25, -0.2) is 0 Å². The van der Waals surface area contributed by atoms with E-state index in [1.807, 2.05) is 31.2 Å².